The Balaban J connectivity index is 2.47. The molecule has 3 nitrogen and oxygen atoms in total. The second kappa shape index (κ2) is 5.52. The van der Waals surface area contributed by atoms with Crippen molar-refractivity contribution in [1.82, 2.24) is 4.90 Å². The van der Waals surface area contributed by atoms with Crippen LogP contribution in [0.15, 0.2) is 0 Å². The van der Waals surface area contributed by atoms with E-state index in [4.69, 9.17) is 5.73 Å². The van der Waals surface area contributed by atoms with Gasteiger partial charge in [0.1, 0.15) is 0 Å². The lowest BCUT2D eigenvalue weighted by atomic mass is 9.97. The SMILES string of the molecule is NCCCC(=O)N1CCCC(C(F)(F)F)C1. The molecule has 1 aliphatic rings. The third-order valence-electron chi connectivity index (χ3n) is 2.83. The second-order valence-corrected chi connectivity index (χ2v) is 4.11. The lowest BCUT2D eigenvalue weighted by Gasteiger charge is -2.33. The van der Waals surface area contributed by atoms with E-state index in [1.807, 2.05) is 0 Å². The van der Waals surface area contributed by atoms with Crippen molar-refractivity contribution in [2.24, 2.45) is 11.7 Å². The van der Waals surface area contributed by atoms with Crippen LogP contribution < -0.4 is 5.73 Å². The summed E-state index contributed by atoms with van der Waals surface area (Å²) in [5.41, 5.74) is 5.25. The molecule has 16 heavy (non-hydrogen) atoms. The predicted molar refractivity (Wildman–Crippen MR) is 53.6 cm³/mol. The Labute approximate surface area is 92.8 Å². The van der Waals surface area contributed by atoms with Crippen molar-refractivity contribution < 1.29 is 18.0 Å². The van der Waals surface area contributed by atoms with Gasteiger partial charge in [0.2, 0.25) is 5.91 Å². The first-order valence-corrected chi connectivity index (χ1v) is 5.49. The van der Waals surface area contributed by atoms with E-state index in [2.05, 4.69) is 0 Å². The molecule has 1 unspecified atom stereocenters. The van der Waals surface area contributed by atoms with E-state index in [1.165, 1.54) is 4.90 Å². The molecule has 1 saturated heterocycles. The lowest BCUT2D eigenvalue weighted by Crippen LogP contribution is -2.44. The molecule has 0 radical (unpaired) electrons. The number of carbonyl (C=O) groups excluding carboxylic acids is 1. The Morgan fingerprint density at radius 2 is 2.12 bits per heavy atom. The van der Waals surface area contributed by atoms with Gasteiger partial charge in [-0.3, -0.25) is 4.79 Å². The van der Waals surface area contributed by atoms with Crippen LogP contribution in [0, 0.1) is 5.92 Å². The average Bonchev–Trinajstić information content (AvgIpc) is 2.25. The summed E-state index contributed by atoms with van der Waals surface area (Å²) in [4.78, 5) is 12.8. The van der Waals surface area contributed by atoms with Crippen LogP contribution in [-0.4, -0.2) is 36.6 Å². The van der Waals surface area contributed by atoms with Crippen LogP contribution in [-0.2, 0) is 4.79 Å². The van der Waals surface area contributed by atoms with Gasteiger partial charge in [-0.25, -0.2) is 0 Å². The molecule has 94 valence electrons. The maximum Gasteiger partial charge on any atom is 0.393 e. The van der Waals surface area contributed by atoms with E-state index >= 15 is 0 Å². The highest BCUT2D eigenvalue weighted by atomic mass is 19.4. The Kier molecular flexibility index (Phi) is 4.58. The topological polar surface area (TPSA) is 46.3 Å². The largest absolute Gasteiger partial charge is 0.393 e. The smallest absolute Gasteiger partial charge is 0.342 e. The molecule has 1 aliphatic heterocycles. The molecule has 1 amide bonds. The van der Waals surface area contributed by atoms with Gasteiger partial charge in [-0.1, -0.05) is 0 Å². The first kappa shape index (κ1) is 13.3. The number of alkyl halides is 3. The number of halogens is 3. The Hall–Kier alpha value is -0.780. The Bertz CT molecular complexity index is 243. The molecule has 0 aromatic rings. The van der Waals surface area contributed by atoms with Gasteiger partial charge >= 0.3 is 6.18 Å². The molecule has 1 rings (SSSR count). The van der Waals surface area contributed by atoms with Gasteiger partial charge in [0.25, 0.3) is 0 Å². The van der Waals surface area contributed by atoms with E-state index in [-0.39, 0.29) is 25.3 Å². The highest BCUT2D eigenvalue weighted by Gasteiger charge is 2.42. The van der Waals surface area contributed by atoms with Crippen molar-refractivity contribution in [3.05, 3.63) is 0 Å². The average molecular weight is 238 g/mol. The monoisotopic (exact) mass is 238 g/mol. The first-order chi connectivity index (χ1) is 7.45. The number of hydrogen-bond donors (Lipinski definition) is 1. The number of nitrogens with two attached hydrogens (primary N) is 1. The molecule has 0 saturated carbocycles. The van der Waals surface area contributed by atoms with E-state index in [9.17, 15) is 18.0 Å². The van der Waals surface area contributed by atoms with E-state index in [1.54, 1.807) is 0 Å². The number of amides is 1. The second-order valence-electron chi connectivity index (χ2n) is 4.11. The summed E-state index contributed by atoms with van der Waals surface area (Å²) in [7, 11) is 0. The van der Waals surface area contributed by atoms with Gasteiger partial charge in [-0.15, -0.1) is 0 Å². The minimum absolute atomic E-state index is 0.129. The van der Waals surface area contributed by atoms with Gasteiger partial charge in [0.05, 0.1) is 5.92 Å². The summed E-state index contributed by atoms with van der Waals surface area (Å²) in [6, 6.07) is 0. The van der Waals surface area contributed by atoms with E-state index in [0.29, 0.717) is 25.9 Å². The molecule has 0 aliphatic carbocycles. The Morgan fingerprint density at radius 1 is 1.44 bits per heavy atom. The van der Waals surface area contributed by atoms with E-state index in [0.717, 1.165) is 0 Å². The van der Waals surface area contributed by atoms with Crippen LogP contribution in [0.5, 0.6) is 0 Å². The van der Waals surface area contributed by atoms with Crippen LogP contribution >= 0.6 is 0 Å². The zero-order valence-corrected chi connectivity index (χ0v) is 9.09. The molecule has 1 heterocycles. The maximum atomic E-state index is 12.5. The summed E-state index contributed by atoms with van der Waals surface area (Å²) in [6.07, 6.45) is -2.84. The minimum Gasteiger partial charge on any atom is -0.342 e. The highest BCUT2D eigenvalue weighted by molar-refractivity contribution is 5.76. The molecular weight excluding hydrogens is 221 g/mol. The molecular formula is C10H17F3N2O. The summed E-state index contributed by atoms with van der Waals surface area (Å²) >= 11 is 0. The zero-order chi connectivity index (χ0) is 12.2. The van der Waals surface area contributed by atoms with Crippen molar-refractivity contribution in [1.29, 1.82) is 0 Å². The summed E-state index contributed by atoms with van der Waals surface area (Å²) < 4.78 is 37.4. The normalized spacial score (nSPS) is 22.2. The standard InChI is InChI=1S/C10H17F3N2O/c11-10(12,13)8-3-2-6-15(7-8)9(16)4-1-5-14/h8H,1-7,14H2. The number of piperidine rings is 1. The number of carbonyl (C=O) groups is 1. The Morgan fingerprint density at radius 3 is 2.69 bits per heavy atom. The highest BCUT2D eigenvalue weighted by Crippen LogP contribution is 2.33. The van der Waals surface area contributed by atoms with Gasteiger partial charge < -0.3 is 10.6 Å². The maximum absolute atomic E-state index is 12.5. The quantitative estimate of drug-likeness (QED) is 0.810. The summed E-state index contributed by atoms with van der Waals surface area (Å²) in [5, 5.41) is 0. The third kappa shape index (κ3) is 3.66. The van der Waals surface area contributed by atoms with Crippen LogP contribution in [0.2, 0.25) is 0 Å². The van der Waals surface area contributed by atoms with Crippen LogP contribution in [0.4, 0.5) is 13.2 Å². The third-order valence-corrected chi connectivity index (χ3v) is 2.83. The molecule has 2 N–H and O–H groups in total. The zero-order valence-electron chi connectivity index (χ0n) is 9.09. The molecule has 1 atom stereocenters. The van der Waals surface area contributed by atoms with E-state index < -0.39 is 12.1 Å². The summed E-state index contributed by atoms with van der Waals surface area (Å²) in [5.74, 6) is -1.57. The fourth-order valence-corrected chi connectivity index (χ4v) is 1.88. The van der Waals surface area contributed by atoms with Crippen molar-refractivity contribution in [3.8, 4) is 0 Å². The van der Waals surface area contributed by atoms with Crippen molar-refractivity contribution in [2.45, 2.75) is 31.9 Å². The van der Waals surface area contributed by atoms with Gasteiger partial charge in [0, 0.05) is 19.5 Å². The molecule has 0 spiro atoms. The molecule has 0 aromatic carbocycles. The van der Waals surface area contributed by atoms with Crippen molar-refractivity contribution in [3.63, 3.8) is 0 Å². The number of rotatable bonds is 3. The molecule has 1 fully saturated rings. The van der Waals surface area contributed by atoms with Crippen LogP contribution in [0.25, 0.3) is 0 Å². The van der Waals surface area contributed by atoms with Crippen LogP contribution in [0.1, 0.15) is 25.7 Å². The van der Waals surface area contributed by atoms with Crippen LogP contribution in [0.3, 0.4) is 0 Å². The molecule has 6 heteroatoms. The number of nitrogens with zero attached hydrogens (tertiary/aromatic N) is 1. The first-order valence-electron chi connectivity index (χ1n) is 5.49. The number of hydrogen-bond acceptors (Lipinski definition) is 2. The lowest BCUT2D eigenvalue weighted by molar-refractivity contribution is -0.188. The van der Waals surface area contributed by atoms with Gasteiger partial charge in [-0.2, -0.15) is 13.2 Å². The minimum atomic E-state index is -4.19. The predicted octanol–water partition coefficient (Wildman–Crippen LogP) is 1.53. The van der Waals surface area contributed by atoms with Crippen molar-refractivity contribution >= 4 is 5.91 Å². The summed E-state index contributed by atoms with van der Waals surface area (Å²) in [6.45, 7) is 0.644. The fraction of sp³-hybridized carbons (Fsp3) is 0.900. The number of likely N-dealkylation sites (tertiary alicyclic amines) is 1. The van der Waals surface area contributed by atoms with Gasteiger partial charge in [-0.05, 0) is 25.8 Å². The molecule has 0 bridgehead atoms. The molecule has 0 aromatic heterocycles. The van der Waals surface area contributed by atoms with Crippen molar-refractivity contribution in [2.75, 3.05) is 19.6 Å². The van der Waals surface area contributed by atoms with Gasteiger partial charge in [0.15, 0.2) is 0 Å². The fourth-order valence-electron chi connectivity index (χ4n) is 1.88.